The summed E-state index contributed by atoms with van der Waals surface area (Å²) in [5.74, 6) is 0.814. The molecule has 1 aliphatic heterocycles. The summed E-state index contributed by atoms with van der Waals surface area (Å²) >= 11 is 0. The minimum Gasteiger partial charge on any atom is -0.394 e. The van der Waals surface area contributed by atoms with Gasteiger partial charge in [0.05, 0.1) is 12.1 Å². The zero-order valence-corrected chi connectivity index (χ0v) is 12.8. The average Bonchev–Trinajstić information content (AvgIpc) is 2.90. The molecule has 2 N–H and O–H groups in total. The summed E-state index contributed by atoms with van der Waals surface area (Å²) in [6, 6.07) is 10.4. The van der Waals surface area contributed by atoms with Crippen molar-refractivity contribution in [2.75, 3.05) is 32.8 Å². The highest BCUT2D eigenvalue weighted by molar-refractivity contribution is 5.24. The lowest BCUT2D eigenvalue weighted by Crippen LogP contribution is -2.47. The fraction of sp³-hybridized carbons (Fsp3) is 0.647. The lowest BCUT2D eigenvalue weighted by atomic mass is 9.87. The minimum atomic E-state index is -0.304. The van der Waals surface area contributed by atoms with Crippen LogP contribution in [0.1, 0.15) is 32.3 Å². The van der Waals surface area contributed by atoms with Gasteiger partial charge in [-0.2, -0.15) is 0 Å². The fourth-order valence-corrected chi connectivity index (χ4v) is 3.23. The van der Waals surface area contributed by atoms with Gasteiger partial charge in [0, 0.05) is 13.1 Å². The van der Waals surface area contributed by atoms with Gasteiger partial charge in [0.1, 0.15) is 0 Å². The predicted octanol–water partition coefficient (Wildman–Crippen LogP) is 2.22. The van der Waals surface area contributed by atoms with Crippen LogP contribution in [-0.2, 0) is 5.54 Å². The molecule has 2 atom stereocenters. The van der Waals surface area contributed by atoms with Gasteiger partial charge < -0.3 is 15.3 Å². The molecule has 1 fully saturated rings. The Balaban J connectivity index is 2.06. The normalized spacial score (nSPS) is 22.9. The van der Waals surface area contributed by atoms with E-state index in [1.807, 2.05) is 6.07 Å². The van der Waals surface area contributed by atoms with Crippen molar-refractivity contribution in [2.24, 2.45) is 5.92 Å². The zero-order chi connectivity index (χ0) is 14.4. The van der Waals surface area contributed by atoms with Crippen molar-refractivity contribution in [3.8, 4) is 0 Å². The van der Waals surface area contributed by atoms with Gasteiger partial charge in [0.2, 0.25) is 0 Å². The molecule has 20 heavy (non-hydrogen) atoms. The van der Waals surface area contributed by atoms with Crippen LogP contribution in [0.15, 0.2) is 30.3 Å². The van der Waals surface area contributed by atoms with Crippen molar-refractivity contribution in [2.45, 2.75) is 32.2 Å². The number of rotatable bonds is 7. The third-order valence-electron chi connectivity index (χ3n) is 4.47. The highest BCUT2D eigenvalue weighted by atomic mass is 16.3. The van der Waals surface area contributed by atoms with E-state index in [2.05, 4.69) is 48.3 Å². The smallest absolute Gasteiger partial charge is 0.0681 e. The Hall–Kier alpha value is -0.900. The molecule has 0 amide bonds. The summed E-state index contributed by atoms with van der Waals surface area (Å²) in [7, 11) is 0. The van der Waals surface area contributed by atoms with E-state index in [0.29, 0.717) is 0 Å². The van der Waals surface area contributed by atoms with Crippen LogP contribution in [0, 0.1) is 5.92 Å². The third-order valence-corrected chi connectivity index (χ3v) is 4.47. The van der Waals surface area contributed by atoms with Crippen molar-refractivity contribution in [3.05, 3.63) is 35.9 Å². The van der Waals surface area contributed by atoms with Gasteiger partial charge in [-0.05, 0) is 37.4 Å². The van der Waals surface area contributed by atoms with E-state index in [0.717, 1.165) is 25.4 Å². The van der Waals surface area contributed by atoms with Crippen molar-refractivity contribution >= 4 is 0 Å². The Morgan fingerprint density at radius 1 is 1.35 bits per heavy atom. The van der Waals surface area contributed by atoms with E-state index >= 15 is 0 Å². The van der Waals surface area contributed by atoms with Crippen molar-refractivity contribution in [3.63, 3.8) is 0 Å². The van der Waals surface area contributed by atoms with Crippen molar-refractivity contribution < 1.29 is 5.11 Å². The molecule has 1 saturated heterocycles. The number of hydrogen-bond acceptors (Lipinski definition) is 3. The number of nitrogens with zero attached hydrogens (tertiary/aromatic N) is 1. The molecule has 3 nitrogen and oxygen atoms in total. The monoisotopic (exact) mass is 276 g/mol. The maximum atomic E-state index is 10.0. The summed E-state index contributed by atoms with van der Waals surface area (Å²) in [6.07, 6.45) is 2.26. The predicted molar refractivity (Wildman–Crippen MR) is 83.7 cm³/mol. The SMILES string of the molecule is CCNC(CO)(CCN1CCC(C)C1)c1ccccc1. The van der Waals surface area contributed by atoms with E-state index < -0.39 is 0 Å². The van der Waals surface area contributed by atoms with E-state index in [-0.39, 0.29) is 12.1 Å². The number of aliphatic hydroxyl groups is 1. The molecule has 112 valence electrons. The number of aliphatic hydroxyl groups excluding tert-OH is 1. The zero-order valence-electron chi connectivity index (χ0n) is 12.8. The lowest BCUT2D eigenvalue weighted by molar-refractivity contribution is 0.137. The summed E-state index contributed by atoms with van der Waals surface area (Å²) in [6.45, 7) is 8.88. The molecule has 1 aliphatic rings. The van der Waals surface area contributed by atoms with Crippen LogP contribution in [-0.4, -0.2) is 42.8 Å². The molecule has 0 bridgehead atoms. The molecule has 0 aromatic heterocycles. The first-order valence-electron chi connectivity index (χ1n) is 7.84. The molecule has 0 aliphatic carbocycles. The molecule has 3 heteroatoms. The highest BCUT2D eigenvalue weighted by Gasteiger charge is 2.31. The van der Waals surface area contributed by atoms with Gasteiger partial charge in [-0.3, -0.25) is 0 Å². The summed E-state index contributed by atoms with van der Waals surface area (Å²) < 4.78 is 0. The molecule has 1 aromatic rings. The topological polar surface area (TPSA) is 35.5 Å². The Kier molecular flexibility index (Phi) is 5.58. The quantitative estimate of drug-likeness (QED) is 0.801. The largest absolute Gasteiger partial charge is 0.394 e. The van der Waals surface area contributed by atoms with E-state index in [4.69, 9.17) is 0 Å². The van der Waals surface area contributed by atoms with E-state index in [1.54, 1.807) is 0 Å². The van der Waals surface area contributed by atoms with Crippen molar-refractivity contribution in [1.29, 1.82) is 0 Å². The first-order valence-corrected chi connectivity index (χ1v) is 7.84. The number of likely N-dealkylation sites (N-methyl/N-ethyl adjacent to an activating group) is 1. The van der Waals surface area contributed by atoms with Crippen LogP contribution < -0.4 is 5.32 Å². The number of hydrogen-bond donors (Lipinski definition) is 2. The molecule has 0 saturated carbocycles. The van der Waals surface area contributed by atoms with Crippen LogP contribution >= 0.6 is 0 Å². The molecule has 2 unspecified atom stereocenters. The molecule has 2 rings (SSSR count). The van der Waals surface area contributed by atoms with E-state index in [9.17, 15) is 5.11 Å². The molecular formula is C17H28N2O. The van der Waals surface area contributed by atoms with Gasteiger partial charge >= 0.3 is 0 Å². The molecule has 0 spiro atoms. The van der Waals surface area contributed by atoms with Gasteiger partial charge in [0.15, 0.2) is 0 Å². The van der Waals surface area contributed by atoms with Crippen LogP contribution in [0.4, 0.5) is 0 Å². The Labute approximate surface area is 123 Å². The molecule has 1 aromatic carbocycles. The second-order valence-electron chi connectivity index (χ2n) is 6.08. The minimum absolute atomic E-state index is 0.147. The van der Waals surface area contributed by atoms with Crippen LogP contribution in [0.25, 0.3) is 0 Å². The average molecular weight is 276 g/mol. The van der Waals surface area contributed by atoms with Gasteiger partial charge in [-0.25, -0.2) is 0 Å². The van der Waals surface area contributed by atoms with Crippen LogP contribution in [0.5, 0.6) is 0 Å². The van der Waals surface area contributed by atoms with Crippen LogP contribution in [0.2, 0.25) is 0 Å². The van der Waals surface area contributed by atoms with Gasteiger partial charge in [0.25, 0.3) is 0 Å². The number of likely N-dealkylation sites (tertiary alicyclic amines) is 1. The molecule has 0 radical (unpaired) electrons. The van der Waals surface area contributed by atoms with Crippen molar-refractivity contribution in [1.82, 2.24) is 10.2 Å². The summed E-state index contributed by atoms with van der Waals surface area (Å²) in [4.78, 5) is 2.52. The highest BCUT2D eigenvalue weighted by Crippen LogP contribution is 2.26. The lowest BCUT2D eigenvalue weighted by Gasteiger charge is -2.35. The number of nitrogens with one attached hydrogen (secondary N) is 1. The summed E-state index contributed by atoms with van der Waals surface area (Å²) in [5.41, 5.74) is 0.888. The second-order valence-corrected chi connectivity index (χ2v) is 6.08. The molecular weight excluding hydrogens is 248 g/mol. The summed E-state index contributed by atoms with van der Waals surface area (Å²) in [5, 5.41) is 13.5. The Morgan fingerprint density at radius 2 is 2.10 bits per heavy atom. The van der Waals surface area contributed by atoms with E-state index in [1.165, 1.54) is 25.1 Å². The first kappa shape index (κ1) is 15.5. The standard InChI is InChI=1S/C17H28N2O/c1-3-18-17(14-20,16-7-5-4-6-8-16)10-12-19-11-9-15(2)13-19/h4-8,15,18,20H,3,9-14H2,1-2H3. The maximum absolute atomic E-state index is 10.0. The molecule has 1 heterocycles. The van der Waals surface area contributed by atoms with Crippen LogP contribution in [0.3, 0.4) is 0 Å². The number of benzene rings is 1. The van der Waals surface area contributed by atoms with Gasteiger partial charge in [-0.1, -0.05) is 44.2 Å². The Morgan fingerprint density at radius 3 is 2.65 bits per heavy atom. The third kappa shape index (κ3) is 3.60. The van der Waals surface area contributed by atoms with Gasteiger partial charge in [-0.15, -0.1) is 0 Å². The maximum Gasteiger partial charge on any atom is 0.0681 e. The fourth-order valence-electron chi connectivity index (χ4n) is 3.23. The Bertz CT molecular complexity index is 395. The second kappa shape index (κ2) is 7.21. The first-order chi connectivity index (χ1) is 9.70.